The first kappa shape index (κ1) is 12.2. The minimum absolute atomic E-state index is 0.712. The average Bonchev–Trinajstić information content (AvgIpc) is 2.42. The summed E-state index contributed by atoms with van der Waals surface area (Å²) in [6, 6.07) is 0. The third kappa shape index (κ3) is 2.40. The molecule has 3 heteroatoms. The third-order valence-corrected chi connectivity index (χ3v) is 3.51. The lowest BCUT2D eigenvalue weighted by Gasteiger charge is -2.00. The molecule has 0 N–H and O–H groups in total. The van der Waals surface area contributed by atoms with E-state index in [4.69, 9.17) is 4.74 Å². The van der Waals surface area contributed by atoms with E-state index in [9.17, 15) is 0 Å². The van der Waals surface area contributed by atoms with E-state index in [1.165, 1.54) is 16.0 Å². The zero-order valence-electron chi connectivity index (χ0n) is 10.2. The number of aliphatic imine (C=N–C) groups is 1. The second kappa shape index (κ2) is 5.31. The van der Waals surface area contributed by atoms with Gasteiger partial charge in [0.2, 0.25) is 0 Å². The topological polar surface area (TPSA) is 21.6 Å². The highest BCUT2D eigenvalue weighted by molar-refractivity contribution is 7.14. The van der Waals surface area contributed by atoms with Crippen LogP contribution in [0.1, 0.15) is 36.8 Å². The third-order valence-electron chi connectivity index (χ3n) is 2.39. The number of hydrogen-bond donors (Lipinski definition) is 0. The molecule has 0 saturated heterocycles. The van der Waals surface area contributed by atoms with Gasteiger partial charge in [-0.15, -0.1) is 11.3 Å². The molecule has 0 saturated carbocycles. The number of rotatable bonds is 0. The van der Waals surface area contributed by atoms with E-state index in [1.54, 1.807) is 11.3 Å². The molecule has 0 aromatic carbocycles. The molecule has 1 aliphatic heterocycles. The molecule has 0 bridgehead atoms. The van der Waals surface area contributed by atoms with Crippen LogP contribution in [0.25, 0.3) is 0 Å². The van der Waals surface area contributed by atoms with E-state index in [-0.39, 0.29) is 0 Å². The number of fused-ring (bicyclic) bond motifs is 1. The van der Waals surface area contributed by atoms with Crippen molar-refractivity contribution in [3.63, 3.8) is 0 Å². The largest absolute Gasteiger partial charge is 0.481 e. The molecule has 1 aromatic rings. The van der Waals surface area contributed by atoms with Crippen LogP contribution in [0.3, 0.4) is 0 Å². The van der Waals surface area contributed by atoms with Crippen molar-refractivity contribution in [1.82, 2.24) is 0 Å². The second-order valence-corrected chi connectivity index (χ2v) is 4.45. The van der Waals surface area contributed by atoms with Crippen molar-refractivity contribution < 1.29 is 4.74 Å². The van der Waals surface area contributed by atoms with Crippen LogP contribution in [0.4, 0.5) is 0 Å². The molecule has 1 aromatic heterocycles. The fraction of sp³-hybridized carbons (Fsp3) is 0.583. The van der Waals surface area contributed by atoms with Gasteiger partial charge in [-0.1, -0.05) is 13.8 Å². The number of ether oxygens (including phenoxy) is 1. The predicted octanol–water partition coefficient (Wildman–Crippen LogP) is 3.59. The molecule has 0 radical (unpaired) electrons. The molecule has 2 nitrogen and oxygen atoms in total. The fourth-order valence-electron chi connectivity index (χ4n) is 1.55. The normalized spacial score (nSPS) is 14.1. The predicted molar refractivity (Wildman–Crippen MR) is 67.7 cm³/mol. The molecule has 0 amide bonds. The minimum Gasteiger partial charge on any atom is -0.481 e. The summed E-state index contributed by atoms with van der Waals surface area (Å²) in [7, 11) is 0. The Morgan fingerprint density at radius 3 is 2.53 bits per heavy atom. The van der Waals surface area contributed by atoms with E-state index < -0.39 is 0 Å². The summed E-state index contributed by atoms with van der Waals surface area (Å²) in [5.41, 5.74) is 3.66. The number of nitrogens with zero attached hydrogens (tertiary/aromatic N) is 1. The Bertz CT molecular complexity index is 366. The van der Waals surface area contributed by atoms with Gasteiger partial charge in [-0.05, 0) is 26.3 Å². The molecular weight excluding hydrogens is 206 g/mol. The Balaban J connectivity index is 0.000000531. The highest BCUT2D eigenvalue weighted by Gasteiger charge is 2.17. The maximum Gasteiger partial charge on any atom is 0.183 e. The van der Waals surface area contributed by atoms with Crippen LogP contribution in [-0.4, -0.2) is 18.9 Å². The van der Waals surface area contributed by atoms with Gasteiger partial charge in [0.25, 0.3) is 0 Å². The van der Waals surface area contributed by atoms with E-state index in [1.807, 2.05) is 13.8 Å². The first-order valence-corrected chi connectivity index (χ1v) is 6.26. The maximum absolute atomic E-state index is 5.62. The van der Waals surface area contributed by atoms with Crippen LogP contribution in [0.2, 0.25) is 0 Å². The van der Waals surface area contributed by atoms with Gasteiger partial charge >= 0.3 is 0 Å². The van der Waals surface area contributed by atoms with Crippen molar-refractivity contribution in [3.8, 4) is 5.06 Å². The van der Waals surface area contributed by atoms with Crippen molar-refractivity contribution in [2.75, 3.05) is 13.2 Å². The van der Waals surface area contributed by atoms with Gasteiger partial charge in [-0.2, -0.15) is 0 Å². The highest BCUT2D eigenvalue weighted by atomic mass is 32.1. The minimum atomic E-state index is 0.712. The number of hydrogen-bond acceptors (Lipinski definition) is 3. The maximum atomic E-state index is 5.62. The summed E-state index contributed by atoms with van der Waals surface area (Å²) in [6.45, 7) is 11.8. The van der Waals surface area contributed by atoms with Crippen LogP contribution in [-0.2, 0) is 0 Å². The van der Waals surface area contributed by atoms with E-state index in [0.717, 1.165) is 17.3 Å². The lowest BCUT2D eigenvalue weighted by Crippen LogP contribution is -1.97. The summed E-state index contributed by atoms with van der Waals surface area (Å²) >= 11 is 1.73. The van der Waals surface area contributed by atoms with Crippen molar-refractivity contribution >= 4 is 17.0 Å². The summed E-state index contributed by atoms with van der Waals surface area (Å²) in [4.78, 5) is 5.77. The monoisotopic (exact) mass is 225 g/mol. The Labute approximate surface area is 96.0 Å². The molecule has 0 fully saturated rings. The van der Waals surface area contributed by atoms with Gasteiger partial charge in [-0.25, -0.2) is 0 Å². The van der Waals surface area contributed by atoms with Crippen molar-refractivity contribution in [2.45, 2.75) is 34.6 Å². The Morgan fingerprint density at radius 1 is 1.20 bits per heavy atom. The first-order chi connectivity index (χ1) is 7.20. The van der Waals surface area contributed by atoms with Crippen LogP contribution in [0.5, 0.6) is 5.06 Å². The molecule has 0 spiro atoms. The molecule has 2 heterocycles. The SMILES string of the molecule is CC.CC1=NCCOc2sc(C)c(C)c21. The van der Waals surface area contributed by atoms with Gasteiger partial charge in [0, 0.05) is 10.6 Å². The number of aryl methyl sites for hydroxylation is 1. The summed E-state index contributed by atoms with van der Waals surface area (Å²) in [5.74, 6) is 0. The molecule has 1 aliphatic rings. The van der Waals surface area contributed by atoms with Crippen LogP contribution >= 0.6 is 11.3 Å². The van der Waals surface area contributed by atoms with Crippen LogP contribution in [0.15, 0.2) is 4.99 Å². The zero-order chi connectivity index (χ0) is 11.4. The standard InChI is InChI=1S/C10H13NOS.C2H6/c1-6-8(3)13-10-9(6)7(2)11-4-5-12-10;1-2/h4-5H2,1-3H3;1-2H3. The van der Waals surface area contributed by atoms with Gasteiger partial charge in [0.1, 0.15) is 6.61 Å². The fourth-order valence-corrected chi connectivity index (χ4v) is 2.63. The molecule has 2 rings (SSSR count). The van der Waals surface area contributed by atoms with Gasteiger partial charge in [0.05, 0.1) is 12.1 Å². The van der Waals surface area contributed by atoms with Crippen molar-refractivity contribution in [2.24, 2.45) is 4.99 Å². The van der Waals surface area contributed by atoms with Crippen LogP contribution in [0, 0.1) is 13.8 Å². The lowest BCUT2D eigenvalue weighted by atomic mass is 10.1. The highest BCUT2D eigenvalue weighted by Crippen LogP contribution is 2.35. The second-order valence-electron chi connectivity index (χ2n) is 3.26. The molecule has 15 heavy (non-hydrogen) atoms. The first-order valence-electron chi connectivity index (χ1n) is 5.44. The molecule has 0 unspecified atom stereocenters. The average molecular weight is 225 g/mol. The zero-order valence-corrected chi connectivity index (χ0v) is 11.0. The van der Waals surface area contributed by atoms with E-state index in [0.29, 0.717) is 6.61 Å². The Hall–Kier alpha value is -0.830. The smallest absolute Gasteiger partial charge is 0.183 e. The van der Waals surface area contributed by atoms with Crippen molar-refractivity contribution in [1.29, 1.82) is 0 Å². The molecule has 0 aliphatic carbocycles. The van der Waals surface area contributed by atoms with E-state index >= 15 is 0 Å². The molecule has 84 valence electrons. The van der Waals surface area contributed by atoms with Gasteiger partial charge in [0.15, 0.2) is 5.06 Å². The van der Waals surface area contributed by atoms with Crippen molar-refractivity contribution in [3.05, 3.63) is 16.0 Å². The van der Waals surface area contributed by atoms with Gasteiger partial charge < -0.3 is 4.74 Å². The lowest BCUT2D eigenvalue weighted by molar-refractivity contribution is 0.341. The summed E-state index contributed by atoms with van der Waals surface area (Å²) in [6.07, 6.45) is 0. The summed E-state index contributed by atoms with van der Waals surface area (Å²) < 4.78 is 5.62. The molecular formula is C12H19NOS. The number of thiophene rings is 1. The van der Waals surface area contributed by atoms with Crippen LogP contribution < -0.4 is 4.74 Å². The Kier molecular flexibility index (Phi) is 4.33. The Morgan fingerprint density at radius 2 is 1.87 bits per heavy atom. The molecule has 0 atom stereocenters. The summed E-state index contributed by atoms with van der Waals surface area (Å²) in [5, 5.41) is 1.05. The quantitative estimate of drug-likeness (QED) is 0.661. The van der Waals surface area contributed by atoms with E-state index in [2.05, 4.69) is 25.8 Å². The van der Waals surface area contributed by atoms with Gasteiger partial charge in [-0.3, -0.25) is 4.99 Å².